The smallest absolute Gasteiger partial charge is 0.352 e. The van der Waals surface area contributed by atoms with Crippen LogP contribution in [-0.4, -0.2) is 25.7 Å². The molecule has 2 rings (SSSR count). The van der Waals surface area contributed by atoms with Crippen LogP contribution in [0.25, 0.3) is 0 Å². The molecule has 0 spiro atoms. The molecule has 1 heterocycles. The van der Waals surface area contributed by atoms with Gasteiger partial charge in [-0.05, 0) is 32.1 Å². The maximum Gasteiger partial charge on any atom is 0.391 e. The second-order valence-electron chi connectivity index (χ2n) is 5.84. The second-order valence-corrected chi connectivity index (χ2v) is 5.84. The van der Waals surface area contributed by atoms with Crippen LogP contribution in [0.1, 0.15) is 45.4 Å². The summed E-state index contributed by atoms with van der Waals surface area (Å²) in [4.78, 5) is 0. The van der Waals surface area contributed by atoms with Crippen LogP contribution in [0.15, 0.2) is 0 Å². The van der Waals surface area contributed by atoms with Crippen molar-refractivity contribution in [3.05, 3.63) is 0 Å². The number of hydrogen-bond donors (Lipinski definition) is 0. The van der Waals surface area contributed by atoms with Gasteiger partial charge in [-0.15, -0.1) is 0 Å². The minimum atomic E-state index is -4.04. The summed E-state index contributed by atoms with van der Waals surface area (Å²) in [6, 6.07) is 0. The first kappa shape index (κ1) is 15.1. The van der Waals surface area contributed by atoms with E-state index < -0.39 is 12.1 Å². The molecule has 0 aromatic carbocycles. The lowest BCUT2D eigenvalue weighted by atomic mass is 9.81. The van der Waals surface area contributed by atoms with E-state index in [1.54, 1.807) is 0 Å². The van der Waals surface area contributed by atoms with Gasteiger partial charge in [-0.3, -0.25) is 0 Å². The molecular formula is C14H23F3O2. The standard InChI is InChI=1S/C14H23F3O2/c1-2-3-10-8-18-13(19-9-10)11-4-6-12(7-5-11)14(15,16)17/h10-13H,2-9H2,1H3/t10?,11-,12-,13?. The van der Waals surface area contributed by atoms with Crippen molar-refractivity contribution in [2.75, 3.05) is 13.2 Å². The highest BCUT2D eigenvalue weighted by Crippen LogP contribution is 2.41. The Morgan fingerprint density at radius 1 is 1.00 bits per heavy atom. The van der Waals surface area contributed by atoms with Gasteiger partial charge in [-0.1, -0.05) is 13.3 Å². The van der Waals surface area contributed by atoms with Crippen LogP contribution in [0, 0.1) is 17.8 Å². The summed E-state index contributed by atoms with van der Waals surface area (Å²) in [7, 11) is 0. The molecule has 1 aliphatic carbocycles. The first-order valence-corrected chi connectivity index (χ1v) is 7.30. The van der Waals surface area contributed by atoms with E-state index in [1.165, 1.54) is 0 Å². The SMILES string of the molecule is CCCC1COC([C@H]2CC[C@H](C(F)(F)F)CC2)OC1. The fourth-order valence-electron chi connectivity index (χ4n) is 3.12. The molecule has 0 amide bonds. The average Bonchev–Trinajstić information content (AvgIpc) is 2.39. The monoisotopic (exact) mass is 280 g/mol. The molecule has 2 fully saturated rings. The van der Waals surface area contributed by atoms with E-state index in [4.69, 9.17) is 9.47 Å². The van der Waals surface area contributed by atoms with Crippen LogP contribution in [0.5, 0.6) is 0 Å². The fraction of sp³-hybridized carbons (Fsp3) is 1.00. The fourth-order valence-corrected chi connectivity index (χ4v) is 3.12. The van der Waals surface area contributed by atoms with Crippen molar-refractivity contribution >= 4 is 0 Å². The molecular weight excluding hydrogens is 257 g/mol. The predicted molar refractivity (Wildman–Crippen MR) is 65.6 cm³/mol. The van der Waals surface area contributed by atoms with Gasteiger partial charge in [0.2, 0.25) is 0 Å². The van der Waals surface area contributed by atoms with Gasteiger partial charge < -0.3 is 9.47 Å². The molecule has 0 aromatic rings. The molecule has 0 bridgehead atoms. The third-order valence-electron chi connectivity index (χ3n) is 4.31. The van der Waals surface area contributed by atoms with E-state index in [0.29, 0.717) is 32.0 Å². The molecule has 112 valence electrons. The average molecular weight is 280 g/mol. The summed E-state index contributed by atoms with van der Waals surface area (Å²) in [6.07, 6.45) is -0.550. The van der Waals surface area contributed by atoms with Gasteiger partial charge in [0.15, 0.2) is 6.29 Å². The Morgan fingerprint density at radius 3 is 2.05 bits per heavy atom. The Balaban J connectivity index is 1.74. The highest BCUT2D eigenvalue weighted by Gasteiger charge is 2.43. The van der Waals surface area contributed by atoms with E-state index >= 15 is 0 Å². The van der Waals surface area contributed by atoms with Crippen LogP contribution >= 0.6 is 0 Å². The van der Waals surface area contributed by atoms with Gasteiger partial charge in [0, 0.05) is 11.8 Å². The number of hydrogen-bond acceptors (Lipinski definition) is 2. The molecule has 5 heteroatoms. The van der Waals surface area contributed by atoms with Gasteiger partial charge in [-0.25, -0.2) is 0 Å². The summed E-state index contributed by atoms with van der Waals surface area (Å²) < 4.78 is 49.2. The lowest BCUT2D eigenvalue weighted by Crippen LogP contribution is -2.39. The van der Waals surface area contributed by atoms with Crippen molar-refractivity contribution < 1.29 is 22.6 Å². The maximum atomic E-state index is 12.6. The molecule has 1 saturated heterocycles. The zero-order valence-corrected chi connectivity index (χ0v) is 11.4. The molecule has 0 atom stereocenters. The number of ether oxygens (including phenoxy) is 2. The van der Waals surface area contributed by atoms with E-state index in [2.05, 4.69) is 6.92 Å². The summed E-state index contributed by atoms with van der Waals surface area (Å²) in [6.45, 7) is 3.51. The molecule has 19 heavy (non-hydrogen) atoms. The van der Waals surface area contributed by atoms with Crippen molar-refractivity contribution in [2.24, 2.45) is 17.8 Å². The maximum absolute atomic E-state index is 12.6. The minimum absolute atomic E-state index is 0.140. The minimum Gasteiger partial charge on any atom is -0.352 e. The molecule has 0 N–H and O–H groups in total. The van der Waals surface area contributed by atoms with Crippen molar-refractivity contribution in [3.63, 3.8) is 0 Å². The third-order valence-corrected chi connectivity index (χ3v) is 4.31. The number of halogens is 3. The van der Waals surface area contributed by atoms with Crippen LogP contribution in [0.3, 0.4) is 0 Å². The van der Waals surface area contributed by atoms with Crippen molar-refractivity contribution in [1.82, 2.24) is 0 Å². The summed E-state index contributed by atoms with van der Waals surface area (Å²) in [5.41, 5.74) is 0. The third kappa shape index (κ3) is 4.09. The number of rotatable bonds is 3. The molecule has 1 saturated carbocycles. The Morgan fingerprint density at radius 2 is 1.58 bits per heavy atom. The topological polar surface area (TPSA) is 18.5 Å². The second kappa shape index (κ2) is 6.44. The van der Waals surface area contributed by atoms with E-state index in [-0.39, 0.29) is 25.0 Å². The van der Waals surface area contributed by atoms with Crippen LogP contribution in [-0.2, 0) is 9.47 Å². The molecule has 1 aliphatic heterocycles. The number of alkyl halides is 3. The normalized spacial score (nSPS) is 37.3. The van der Waals surface area contributed by atoms with Gasteiger partial charge in [0.1, 0.15) is 0 Å². The van der Waals surface area contributed by atoms with Crippen LogP contribution < -0.4 is 0 Å². The van der Waals surface area contributed by atoms with Crippen molar-refractivity contribution in [2.45, 2.75) is 57.9 Å². The molecule has 0 aromatic heterocycles. The van der Waals surface area contributed by atoms with Gasteiger partial charge >= 0.3 is 6.18 Å². The van der Waals surface area contributed by atoms with Gasteiger partial charge in [0.05, 0.1) is 19.1 Å². The van der Waals surface area contributed by atoms with E-state index in [1.807, 2.05) is 0 Å². The summed E-state index contributed by atoms with van der Waals surface area (Å²) >= 11 is 0. The van der Waals surface area contributed by atoms with E-state index in [9.17, 15) is 13.2 Å². The Hall–Kier alpha value is -0.290. The molecule has 0 unspecified atom stereocenters. The summed E-state index contributed by atoms with van der Waals surface area (Å²) in [5, 5.41) is 0. The van der Waals surface area contributed by atoms with Crippen molar-refractivity contribution in [3.8, 4) is 0 Å². The lowest BCUT2D eigenvalue weighted by molar-refractivity contribution is -0.238. The van der Waals surface area contributed by atoms with Crippen LogP contribution in [0.4, 0.5) is 13.2 Å². The summed E-state index contributed by atoms with van der Waals surface area (Å²) in [5.74, 6) is -0.533. The zero-order chi connectivity index (χ0) is 13.9. The molecule has 0 radical (unpaired) electrons. The van der Waals surface area contributed by atoms with Gasteiger partial charge in [-0.2, -0.15) is 13.2 Å². The first-order chi connectivity index (χ1) is 9.00. The Bertz CT molecular complexity index is 264. The largest absolute Gasteiger partial charge is 0.391 e. The Kier molecular flexibility index (Phi) is 5.12. The molecule has 2 aliphatic rings. The lowest BCUT2D eigenvalue weighted by Gasteiger charge is -2.37. The zero-order valence-electron chi connectivity index (χ0n) is 11.4. The van der Waals surface area contributed by atoms with Crippen molar-refractivity contribution in [1.29, 1.82) is 0 Å². The predicted octanol–water partition coefficient (Wildman–Crippen LogP) is 4.14. The highest BCUT2D eigenvalue weighted by atomic mass is 19.4. The van der Waals surface area contributed by atoms with E-state index in [0.717, 1.165) is 12.8 Å². The highest BCUT2D eigenvalue weighted by molar-refractivity contribution is 4.80. The van der Waals surface area contributed by atoms with Gasteiger partial charge in [0.25, 0.3) is 0 Å². The Labute approximate surface area is 112 Å². The first-order valence-electron chi connectivity index (χ1n) is 7.30. The quantitative estimate of drug-likeness (QED) is 0.773. The van der Waals surface area contributed by atoms with Crippen LogP contribution in [0.2, 0.25) is 0 Å². The molecule has 2 nitrogen and oxygen atoms in total.